The van der Waals surface area contributed by atoms with E-state index in [0.717, 1.165) is 33.6 Å². The van der Waals surface area contributed by atoms with Crippen LogP contribution in [-0.4, -0.2) is 24.3 Å². The largest absolute Gasteiger partial charge is 0.326 e. The van der Waals surface area contributed by atoms with Gasteiger partial charge in [-0.1, -0.05) is 29.8 Å². The highest BCUT2D eigenvalue weighted by Gasteiger charge is 2.35. The Hall–Kier alpha value is -3.93. The third kappa shape index (κ3) is 5.01. The van der Waals surface area contributed by atoms with Crippen molar-refractivity contribution in [3.8, 4) is 0 Å². The molecular weight excluding hydrogens is 426 g/mol. The lowest BCUT2D eigenvalue weighted by Gasteiger charge is -2.18. The molecule has 0 aromatic heterocycles. The topological polar surface area (TPSA) is 78.5 Å². The van der Waals surface area contributed by atoms with E-state index >= 15 is 0 Å². The van der Waals surface area contributed by atoms with E-state index in [9.17, 15) is 14.4 Å². The van der Waals surface area contributed by atoms with Gasteiger partial charge in [0.1, 0.15) is 0 Å². The van der Waals surface area contributed by atoms with Crippen LogP contribution in [0, 0.1) is 33.6 Å². The monoisotopic (exact) mass is 455 g/mol. The van der Waals surface area contributed by atoms with Gasteiger partial charge in [-0.05, 0) is 80.8 Å². The lowest BCUT2D eigenvalue weighted by molar-refractivity contribution is -0.122. The molecule has 0 saturated carbocycles. The molecule has 3 amide bonds. The molecule has 6 nitrogen and oxygen atoms in total. The van der Waals surface area contributed by atoms with Gasteiger partial charge in [-0.15, -0.1) is 0 Å². The average molecular weight is 456 g/mol. The van der Waals surface area contributed by atoms with E-state index in [-0.39, 0.29) is 24.1 Å². The Morgan fingerprint density at radius 1 is 0.853 bits per heavy atom. The first kappa shape index (κ1) is 23.2. The molecule has 1 atom stereocenters. The first-order valence-electron chi connectivity index (χ1n) is 11.4. The van der Waals surface area contributed by atoms with Gasteiger partial charge in [-0.25, -0.2) is 0 Å². The molecule has 0 bridgehead atoms. The van der Waals surface area contributed by atoms with Crippen molar-refractivity contribution in [3.05, 3.63) is 88.5 Å². The number of carbonyl (C=O) groups is 3. The minimum Gasteiger partial charge on any atom is -0.326 e. The smallest absolute Gasteiger partial charge is 0.255 e. The fourth-order valence-electron chi connectivity index (χ4n) is 4.16. The summed E-state index contributed by atoms with van der Waals surface area (Å²) in [7, 11) is 0. The second-order valence-corrected chi connectivity index (χ2v) is 9.02. The molecule has 1 aliphatic heterocycles. The van der Waals surface area contributed by atoms with Crippen molar-refractivity contribution in [1.82, 2.24) is 0 Å². The number of nitrogens with zero attached hydrogens (tertiary/aromatic N) is 1. The number of aryl methyl sites for hydroxylation is 4. The molecule has 2 N–H and O–H groups in total. The van der Waals surface area contributed by atoms with Crippen LogP contribution in [0.4, 0.5) is 17.1 Å². The Morgan fingerprint density at radius 3 is 2.38 bits per heavy atom. The van der Waals surface area contributed by atoms with Crippen LogP contribution in [0.1, 0.15) is 39.0 Å². The number of anilines is 3. The molecule has 1 aliphatic rings. The van der Waals surface area contributed by atoms with Crippen LogP contribution >= 0.6 is 0 Å². The van der Waals surface area contributed by atoms with Gasteiger partial charge in [0.15, 0.2) is 0 Å². The average Bonchev–Trinajstić information content (AvgIpc) is 3.19. The highest BCUT2D eigenvalue weighted by molar-refractivity contribution is 6.06. The number of hydrogen-bond acceptors (Lipinski definition) is 3. The summed E-state index contributed by atoms with van der Waals surface area (Å²) >= 11 is 0. The number of carbonyl (C=O) groups excluding carboxylic acids is 3. The van der Waals surface area contributed by atoms with Crippen LogP contribution in [0.2, 0.25) is 0 Å². The quantitative estimate of drug-likeness (QED) is 0.558. The van der Waals surface area contributed by atoms with E-state index in [0.29, 0.717) is 17.8 Å². The molecule has 0 unspecified atom stereocenters. The maximum absolute atomic E-state index is 12.9. The first-order valence-corrected chi connectivity index (χ1v) is 11.4. The third-order valence-electron chi connectivity index (χ3n) is 6.32. The Morgan fingerprint density at radius 2 is 1.65 bits per heavy atom. The van der Waals surface area contributed by atoms with Gasteiger partial charge in [0.2, 0.25) is 11.8 Å². The SMILES string of the molecule is Cc1ccc(NC(=O)c2cccc(NC(=O)[C@@H]3CC(=O)N(c4ccc(C)c(C)c4)C3)c2)c(C)c1. The minimum atomic E-state index is -0.457. The zero-order valence-corrected chi connectivity index (χ0v) is 19.9. The maximum Gasteiger partial charge on any atom is 0.255 e. The normalized spacial score (nSPS) is 15.4. The van der Waals surface area contributed by atoms with Crippen molar-refractivity contribution in [2.45, 2.75) is 34.1 Å². The third-order valence-corrected chi connectivity index (χ3v) is 6.32. The van der Waals surface area contributed by atoms with Gasteiger partial charge < -0.3 is 15.5 Å². The Bertz CT molecular complexity index is 1280. The zero-order valence-electron chi connectivity index (χ0n) is 19.9. The number of benzene rings is 3. The molecule has 1 heterocycles. The van der Waals surface area contributed by atoms with Gasteiger partial charge in [-0.2, -0.15) is 0 Å². The van der Waals surface area contributed by atoms with Crippen LogP contribution in [0.5, 0.6) is 0 Å². The molecule has 3 aromatic rings. The highest BCUT2D eigenvalue weighted by atomic mass is 16.2. The number of rotatable bonds is 5. The summed E-state index contributed by atoms with van der Waals surface area (Å²) in [4.78, 5) is 39.9. The maximum atomic E-state index is 12.9. The van der Waals surface area contributed by atoms with Gasteiger partial charge >= 0.3 is 0 Å². The number of nitrogens with one attached hydrogen (secondary N) is 2. The molecule has 4 rings (SSSR count). The van der Waals surface area contributed by atoms with Gasteiger partial charge in [0, 0.05) is 35.6 Å². The second kappa shape index (κ2) is 9.51. The molecule has 34 heavy (non-hydrogen) atoms. The number of hydrogen-bond donors (Lipinski definition) is 2. The van der Waals surface area contributed by atoms with E-state index in [2.05, 4.69) is 10.6 Å². The zero-order chi connectivity index (χ0) is 24.4. The molecule has 6 heteroatoms. The van der Waals surface area contributed by atoms with Crippen molar-refractivity contribution < 1.29 is 14.4 Å². The van der Waals surface area contributed by atoms with Crippen LogP contribution in [0.15, 0.2) is 60.7 Å². The lowest BCUT2D eigenvalue weighted by atomic mass is 10.1. The molecule has 174 valence electrons. The standard InChI is InChI=1S/C28H29N3O3/c1-17-8-11-25(20(4)12-17)30-27(33)21-6-5-7-23(14-21)29-28(34)22-15-26(32)31(16-22)24-10-9-18(2)19(3)13-24/h5-14,22H,15-16H2,1-4H3,(H,29,34)(H,30,33)/t22-/m1/s1. The Labute approximate surface area is 200 Å². The van der Waals surface area contributed by atoms with E-state index in [1.165, 1.54) is 0 Å². The van der Waals surface area contributed by atoms with Gasteiger partial charge in [-0.3, -0.25) is 14.4 Å². The Balaban J connectivity index is 1.42. The summed E-state index contributed by atoms with van der Waals surface area (Å²) in [6.07, 6.45) is 0.158. The molecule has 0 aliphatic carbocycles. The van der Waals surface area contributed by atoms with E-state index in [1.807, 2.05) is 64.1 Å². The van der Waals surface area contributed by atoms with Crippen LogP contribution < -0.4 is 15.5 Å². The fraction of sp³-hybridized carbons (Fsp3) is 0.250. The van der Waals surface area contributed by atoms with Crippen molar-refractivity contribution in [2.24, 2.45) is 5.92 Å². The first-order chi connectivity index (χ1) is 16.2. The van der Waals surface area contributed by atoms with Crippen LogP contribution in [0.3, 0.4) is 0 Å². The van der Waals surface area contributed by atoms with Crippen molar-refractivity contribution in [1.29, 1.82) is 0 Å². The van der Waals surface area contributed by atoms with Crippen molar-refractivity contribution >= 4 is 34.8 Å². The van der Waals surface area contributed by atoms with Crippen molar-refractivity contribution in [2.75, 3.05) is 22.1 Å². The van der Waals surface area contributed by atoms with Crippen molar-refractivity contribution in [3.63, 3.8) is 0 Å². The second-order valence-electron chi connectivity index (χ2n) is 9.02. The van der Waals surface area contributed by atoms with Gasteiger partial charge in [0.05, 0.1) is 5.92 Å². The lowest BCUT2D eigenvalue weighted by Crippen LogP contribution is -2.28. The molecule has 1 fully saturated rings. The Kier molecular flexibility index (Phi) is 6.50. The highest BCUT2D eigenvalue weighted by Crippen LogP contribution is 2.28. The van der Waals surface area contributed by atoms with E-state index < -0.39 is 5.92 Å². The predicted molar refractivity (Wildman–Crippen MR) is 135 cm³/mol. The summed E-state index contributed by atoms with van der Waals surface area (Å²) in [5, 5.41) is 5.80. The summed E-state index contributed by atoms with van der Waals surface area (Å²) in [6, 6.07) is 18.5. The van der Waals surface area contributed by atoms with Gasteiger partial charge in [0.25, 0.3) is 5.91 Å². The summed E-state index contributed by atoms with van der Waals surface area (Å²) in [6.45, 7) is 8.32. The molecule has 1 saturated heterocycles. The summed E-state index contributed by atoms with van der Waals surface area (Å²) in [5.41, 5.74) is 6.90. The van der Waals surface area contributed by atoms with E-state index in [4.69, 9.17) is 0 Å². The number of amides is 3. The van der Waals surface area contributed by atoms with E-state index in [1.54, 1.807) is 29.2 Å². The molecular formula is C28H29N3O3. The van der Waals surface area contributed by atoms with Crippen LogP contribution in [0.25, 0.3) is 0 Å². The molecule has 3 aromatic carbocycles. The summed E-state index contributed by atoms with van der Waals surface area (Å²) < 4.78 is 0. The molecule has 0 spiro atoms. The predicted octanol–water partition coefficient (Wildman–Crippen LogP) is 5.16. The minimum absolute atomic E-state index is 0.0648. The molecule has 0 radical (unpaired) electrons. The summed E-state index contributed by atoms with van der Waals surface area (Å²) in [5.74, 6) is -1.00. The van der Waals surface area contributed by atoms with Crippen LogP contribution in [-0.2, 0) is 9.59 Å². The fourth-order valence-corrected chi connectivity index (χ4v) is 4.16.